The van der Waals surface area contributed by atoms with Crippen molar-refractivity contribution >= 4 is 102 Å². The van der Waals surface area contributed by atoms with Crippen LogP contribution in [0.25, 0.3) is 55.2 Å². The van der Waals surface area contributed by atoms with E-state index in [0.717, 1.165) is 65.5 Å². The van der Waals surface area contributed by atoms with Gasteiger partial charge in [-0.05, 0) is 6.92 Å². The second-order valence-electron chi connectivity index (χ2n) is 17.3. The predicted molar refractivity (Wildman–Crippen MR) is 273 cm³/mol. The molecule has 0 aromatic heterocycles. The van der Waals surface area contributed by atoms with Crippen LogP contribution in [0.1, 0.15) is 66.4 Å². The van der Waals surface area contributed by atoms with Crippen LogP contribution in [0.15, 0.2) is 174 Å². The van der Waals surface area contributed by atoms with E-state index >= 15 is 0 Å². The quantitative estimate of drug-likeness (QED) is 0.0498. The van der Waals surface area contributed by atoms with Crippen molar-refractivity contribution in [3.8, 4) is 4.37 Å². The van der Waals surface area contributed by atoms with E-state index in [1.165, 1.54) is 39.8 Å². The number of rotatable bonds is 8. The van der Waals surface area contributed by atoms with Gasteiger partial charge in [0.25, 0.3) is 0 Å². The van der Waals surface area contributed by atoms with Crippen molar-refractivity contribution in [3.05, 3.63) is 207 Å². The molecule has 0 unspecified atom stereocenters. The van der Waals surface area contributed by atoms with Gasteiger partial charge in [-0.15, -0.1) is 0 Å². The molecule has 8 aromatic carbocycles. The van der Waals surface area contributed by atoms with E-state index in [2.05, 4.69) is 120 Å². The van der Waals surface area contributed by atoms with E-state index in [1.807, 2.05) is 62.4 Å². The Morgan fingerprint density at radius 2 is 1.00 bits per heavy atom. The molecule has 11 rings (SSSR count). The van der Waals surface area contributed by atoms with Crippen LogP contribution in [0.2, 0.25) is 0 Å². The molecule has 68 heavy (non-hydrogen) atoms. The summed E-state index contributed by atoms with van der Waals surface area (Å²) < 4.78 is 9.92. The molecule has 1 saturated heterocycles. The zero-order valence-electron chi connectivity index (χ0n) is 37.7. The molecule has 0 atom stereocenters. The van der Waals surface area contributed by atoms with Crippen LogP contribution in [0, 0.1) is 4.37 Å². The fraction of sp³-hybridized carbons (Fsp3) is 0.102. The standard InChI is InChI=1S/C59H43N2O5P.Os/c1-6-17-38-31-48-52-46(56(62)60(4)58(48)64)29-27-45-51-39(32-49-53-47(57(63)61(5)59(49)65)28-26-44(55(51)53)50(38)54(45)52)25-24-37(30-40-34-66-33-36(40)7-2)35(3)67(41-18-11-8-12-19-41,42-20-13-9-14-21-42)43-22-15-10-16-23-43;/h6-32H,33-34H2,1-2,4-5H3;/q+1;/b17-6+,25-24+,36-7?,37-35?,40-30?;. The summed E-state index contributed by atoms with van der Waals surface area (Å²) in [5, 5.41) is 10.6. The van der Waals surface area contributed by atoms with Crippen LogP contribution in [0.5, 0.6) is 0 Å². The van der Waals surface area contributed by atoms with Gasteiger partial charge >= 0.3 is 372 Å². The Morgan fingerprint density at radius 1 is 0.559 bits per heavy atom. The molecule has 9 heteroatoms. The number of hydrogen-bond donors (Lipinski definition) is 0. The average Bonchev–Trinajstić information content (AvgIpc) is 3.84. The van der Waals surface area contributed by atoms with Gasteiger partial charge in [0.2, 0.25) is 0 Å². The molecule has 0 spiro atoms. The predicted octanol–water partition coefficient (Wildman–Crippen LogP) is 10.9. The topological polar surface area (TPSA) is 84.0 Å². The van der Waals surface area contributed by atoms with Gasteiger partial charge in [0.15, 0.2) is 0 Å². The number of ether oxygens (including phenoxy) is 1. The molecule has 3 aliphatic rings. The number of carbonyl (C=O) groups excluding carboxylic acids is 4. The second-order valence-corrected chi connectivity index (χ2v) is 21.3. The van der Waals surface area contributed by atoms with Gasteiger partial charge in [0.1, 0.15) is 0 Å². The average molecular weight is 1080 g/mol. The molecule has 0 saturated carbocycles. The number of hydrogen-bond acceptors (Lipinski definition) is 5. The van der Waals surface area contributed by atoms with Crippen molar-refractivity contribution in [3.63, 3.8) is 0 Å². The third-order valence-electron chi connectivity index (χ3n) is 13.8. The van der Waals surface area contributed by atoms with Gasteiger partial charge in [-0.3, -0.25) is 14.5 Å². The van der Waals surface area contributed by atoms with Crippen LogP contribution in [-0.2, 0) is 22.7 Å². The van der Waals surface area contributed by atoms with Gasteiger partial charge in [-0.2, -0.15) is 0 Å². The molecule has 331 valence electrons. The number of amides is 4. The summed E-state index contributed by atoms with van der Waals surface area (Å²) in [5.41, 5.74) is 6.43. The van der Waals surface area contributed by atoms with Gasteiger partial charge in [-0.25, -0.2) is 0 Å². The minimum atomic E-state index is -2.69. The number of fused-ring (bicyclic) bond motifs is 2. The van der Waals surface area contributed by atoms with Crippen molar-refractivity contribution in [1.82, 2.24) is 9.80 Å². The summed E-state index contributed by atoms with van der Waals surface area (Å²) >= 11 is 1.72. The van der Waals surface area contributed by atoms with Crippen molar-refractivity contribution in [2.75, 3.05) is 27.3 Å². The Kier molecular flexibility index (Phi) is 10.8. The van der Waals surface area contributed by atoms with Gasteiger partial charge in [0.05, 0.1) is 0 Å². The Hall–Kier alpha value is -7.15. The second kappa shape index (κ2) is 16.9. The SMILES string of the molecule is CC=C1COCC1=CC(/C=C/c1cc2c3c(ccc4c5c(/C=C/C)cc6c7c(ccc(c1c34)c75)C(=O)N(C)C6=O)C(=O)N(C)C2=O)=C([C]#[Os])[P+](c1ccccc1)(c1ccccc1)c1ccccc1. The maximum atomic E-state index is 14.5. The number of allylic oxidation sites excluding steroid dienone is 6. The summed E-state index contributed by atoms with van der Waals surface area (Å²) in [6.45, 7) is 4.92. The Balaban J connectivity index is 1.32. The van der Waals surface area contributed by atoms with Gasteiger partial charge < -0.3 is 0 Å². The van der Waals surface area contributed by atoms with E-state index in [9.17, 15) is 19.2 Å². The molecular weight excluding hydrogens is 1040 g/mol. The molecule has 1 fully saturated rings. The number of benzene rings is 8. The summed E-state index contributed by atoms with van der Waals surface area (Å²) in [6, 6.07) is 43.5. The van der Waals surface area contributed by atoms with Gasteiger partial charge in [-0.1, -0.05) is 6.08 Å². The first-order chi connectivity index (χ1) is 33.1. The molecule has 3 aliphatic heterocycles. The first-order valence-corrected chi connectivity index (χ1v) is 25.5. The number of imide groups is 2. The third-order valence-corrected chi connectivity index (χ3v) is 19.2. The zero-order chi connectivity index (χ0) is 47.0. The molecule has 8 aromatic rings. The van der Waals surface area contributed by atoms with Crippen LogP contribution < -0.4 is 15.9 Å². The molecular formula is C59H43N2O5OsP+. The Morgan fingerprint density at radius 3 is 1.44 bits per heavy atom. The summed E-state index contributed by atoms with van der Waals surface area (Å²) in [7, 11) is 0.368. The summed E-state index contributed by atoms with van der Waals surface area (Å²) in [5.74, 6) is -1.49. The molecule has 0 radical (unpaired) electrons. The van der Waals surface area contributed by atoms with Crippen molar-refractivity contribution in [2.45, 2.75) is 13.8 Å². The minimum absolute atomic E-state index is 0.365. The molecule has 0 bridgehead atoms. The first kappa shape index (κ1) is 43.4. The van der Waals surface area contributed by atoms with E-state index in [1.54, 1.807) is 17.9 Å². The first-order valence-electron chi connectivity index (χ1n) is 22.5. The fourth-order valence-corrected chi connectivity index (χ4v) is 16.5. The van der Waals surface area contributed by atoms with Crippen LogP contribution in [0.4, 0.5) is 0 Å². The van der Waals surface area contributed by atoms with Crippen molar-refractivity contribution in [1.29, 1.82) is 0 Å². The Labute approximate surface area is 404 Å². The van der Waals surface area contributed by atoms with Crippen LogP contribution >= 0.6 is 7.26 Å². The van der Waals surface area contributed by atoms with E-state index in [0.29, 0.717) is 46.2 Å². The fourth-order valence-electron chi connectivity index (χ4n) is 10.7. The third kappa shape index (κ3) is 6.30. The monoisotopic (exact) mass is 1080 g/mol. The summed E-state index contributed by atoms with van der Waals surface area (Å²) in [6.07, 6.45) is 12.5. The molecule has 0 N–H and O–H groups in total. The van der Waals surface area contributed by atoms with Crippen LogP contribution in [0.3, 0.4) is 0 Å². The van der Waals surface area contributed by atoms with Crippen LogP contribution in [-0.4, -0.2) is 60.7 Å². The van der Waals surface area contributed by atoms with Crippen molar-refractivity contribution in [2.24, 2.45) is 0 Å². The van der Waals surface area contributed by atoms with Crippen molar-refractivity contribution < 1.29 is 41.9 Å². The zero-order valence-corrected chi connectivity index (χ0v) is 41.2. The molecule has 0 aliphatic carbocycles. The number of nitrogens with zero attached hydrogens (tertiary/aromatic N) is 2. The Bertz CT molecular complexity index is 3640. The normalized spacial score (nSPS) is 16.9. The maximum absolute atomic E-state index is 14.5. The number of carbonyl (C=O) groups is 4. The van der Waals surface area contributed by atoms with Gasteiger partial charge in [0, 0.05) is 7.05 Å². The summed E-state index contributed by atoms with van der Waals surface area (Å²) in [4.78, 5) is 58.8. The molecule has 3 heterocycles. The van der Waals surface area contributed by atoms with E-state index in [-0.39, 0.29) is 23.6 Å². The van der Waals surface area contributed by atoms with E-state index in [4.69, 9.17) is 4.74 Å². The molecule has 4 amide bonds. The molecule has 7 nitrogen and oxygen atoms in total. The van der Waals surface area contributed by atoms with E-state index < -0.39 is 7.26 Å².